The van der Waals surface area contributed by atoms with Crippen LogP contribution >= 0.6 is 0 Å². The Morgan fingerprint density at radius 1 is 1.44 bits per heavy atom. The minimum atomic E-state index is -0.715. The minimum Gasteiger partial charge on any atom is -0.481 e. The summed E-state index contributed by atoms with van der Waals surface area (Å²) >= 11 is 0. The van der Waals surface area contributed by atoms with Crippen LogP contribution in [0, 0.1) is 0 Å². The van der Waals surface area contributed by atoms with Gasteiger partial charge >= 0.3 is 5.97 Å². The maximum atomic E-state index is 10.3. The van der Waals surface area contributed by atoms with Crippen LogP contribution < -0.4 is 0 Å². The zero-order valence-electron chi connectivity index (χ0n) is 9.59. The molecule has 0 aliphatic carbocycles. The lowest BCUT2D eigenvalue weighted by Gasteiger charge is -2.15. The first-order chi connectivity index (χ1) is 7.68. The maximum Gasteiger partial charge on any atom is 0.303 e. The summed E-state index contributed by atoms with van der Waals surface area (Å²) < 4.78 is 0. The number of rotatable bonds is 7. The molecule has 0 saturated heterocycles. The van der Waals surface area contributed by atoms with Crippen molar-refractivity contribution in [2.45, 2.75) is 25.8 Å². The van der Waals surface area contributed by atoms with Gasteiger partial charge in [0.05, 0.1) is 5.69 Å². The second-order valence-electron chi connectivity index (χ2n) is 3.91. The summed E-state index contributed by atoms with van der Waals surface area (Å²) in [6, 6.07) is 5.87. The summed E-state index contributed by atoms with van der Waals surface area (Å²) in [5.41, 5.74) is 1.04. The van der Waals surface area contributed by atoms with E-state index in [4.69, 9.17) is 5.11 Å². The number of pyridine rings is 1. The summed E-state index contributed by atoms with van der Waals surface area (Å²) in [4.78, 5) is 16.7. The smallest absolute Gasteiger partial charge is 0.303 e. The number of unbranched alkanes of at least 4 members (excludes halogenated alkanes) is 1. The third-order valence-corrected chi connectivity index (χ3v) is 2.34. The number of aliphatic carboxylic acids is 1. The van der Waals surface area contributed by atoms with Crippen molar-refractivity contribution in [1.29, 1.82) is 0 Å². The SMILES string of the molecule is CN(CCCCC(=O)O)Cc1ccccn1. The fourth-order valence-electron chi connectivity index (χ4n) is 1.51. The lowest BCUT2D eigenvalue weighted by Crippen LogP contribution is -2.19. The Balaban J connectivity index is 2.16. The van der Waals surface area contributed by atoms with Gasteiger partial charge in [0.2, 0.25) is 0 Å². The second-order valence-corrected chi connectivity index (χ2v) is 3.91. The van der Waals surface area contributed by atoms with Crippen molar-refractivity contribution in [1.82, 2.24) is 9.88 Å². The number of hydrogen-bond acceptors (Lipinski definition) is 3. The summed E-state index contributed by atoms with van der Waals surface area (Å²) in [5, 5.41) is 8.49. The standard InChI is InChI=1S/C12H18N2O2/c1-14(9-5-3-7-12(15)16)10-11-6-2-4-8-13-11/h2,4,6,8H,3,5,7,9-10H2,1H3,(H,15,16). The van der Waals surface area contributed by atoms with Crippen molar-refractivity contribution >= 4 is 5.97 Å². The van der Waals surface area contributed by atoms with Crippen LogP contribution in [-0.2, 0) is 11.3 Å². The van der Waals surface area contributed by atoms with E-state index in [-0.39, 0.29) is 6.42 Å². The molecule has 0 aromatic carbocycles. The van der Waals surface area contributed by atoms with E-state index >= 15 is 0 Å². The molecule has 0 atom stereocenters. The first-order valence-corrected chi connectivity index (χ1v) is 5.48. The monoisotopic (exact) mass is 222 g/mol. The molecule has 0 unspecified atom stereocenters. The van der Waals surface area contributed by atoms with Gasteiger partial charge < -0.3 is 10.0 Å². The predicted molar refractivity (Wildman–Crippen MR) is 62.1 cm³/mol. The Hall–Kier alpha value is -1.42. The van der Waals surface area contributed by atoms with Crippen LogP contribution in [0.3, 0.4) is 0 Å². The molecule has 1 N–H and O–H groups in total. The maximum absolute atomic E-state index is 10.3. The van der Waals surface area contributed by atoms with Crippen LogP contribution in [0.5, 0.6) is 0 Å². The van der Waals surface area contributed by atoms with Crippen molar-refractivity contribution in [3.05, 3.63) is 30.1 Å². The zero-order chi connectivity index (χ0) is 11.8. The number of carbonyl (C=O) groups is 1. The van der Waals surface area contributed by atoms with Gasteiger partial charge in [0.25, 0.3) is 0 Å². The first kappa shape index (κ1) is 12.6. The van der Waals surface area contributed by atoms with Crippen LogP contribution in [0.1, 0.15) is 25.0 Å². The average Bonchev–Trinajstić information content (AvgIpc) is 2.25. The highest BCUT2D eigenvalue weighted by Crippen LogP contribution is 2.02. The molecule has 16 heavy (non-hydrogen) atoms. The molecule has 0 spiro atoms. The van der Waals surface area contributed by atoms with Gasteiger partial charge in [0.1, 0.15) is 0 Å². The molecule has 0 aliphatic heterocycles. The van der Waals surface area contributed by atoms with Crippen LogP contribution in [-0.4, -0.2) is 34.6 Å². The van der Waals surface area contributed by atoms with E-state index in [1.165, 1.54) is 0 Å². The van der Waals surface area contributed by atoms with Crippen molar-refractivity contribution < 1.29 is 9.90 Å². The number of nitrogens with zero attached hydrogens (tertiary/aromatic N) is 2. The van der Waals surface area contributed by atoms with Gasteiger partial charge in [-0.05, 0) is 38.6 Å². The van der Waals surface area contributed by atoms with Crippen LogP contribution in [0.15, 0.2) is 24.4 Å². The largest absolute Gasteiger partial charge is 0.481 e. The molecule has 4 heteroatoms. The van der Waals surface area contributed by atoms with E-state index in [1.807, 2.05) is 25.2 Å². The lowest BCUT2D eigenvalue weighted by atomic mass is 10.2. The molecule has 0 fully saturated rings. The molecule has 0 bridgehead atoms. The van der Waals surface area contributed by atoms with Gasteiger partial charge in [-0.1, -0.05) is 6.07 Å². The average molecular weight is 222 g/mol. The Labute approximate surface area is 95.9 Å². The molecule has 0 radical (unpaired) electrons. The van der Waals surface area contributed by atoms with Crippen LogP contribution in [0.2, 0.25) is 0 Å². The zero-order valence-corrected chi connectivity index (χ0v) is 9.59. The third-order valence-electron chi connectivity index (χ3n) is 2.34. The molecule has 1 aromatic heterocycles. The van der Waals surface area contributed by atoms with E-state index in [0.29, 0.717) is 0 Å². The molecule has 1 heterocycles. The predicted octanol–water partition coefficient (Wildman–Crippen LogP) is 1.77. The Morgan fingerprint density at radius 3 is 2.88 bits per heavy atom. The van der Waals surface area contributed by atoms with E-state index in [9.17, 15) is 4.79 Å². The first-order valence-electron chi connectivity index (χ1n) is 5.48. The normalized spacial score (nSPS) is 10.6. The van der Waals surface area contributed by atoms with E-state index in [1.54, 1.807) is 6.20 Å². The fourth-order valence-corrected chi connectivity index (χ4v) is 1.51. The van der Waals surface area contributed by atoms with Crippen LogP contribution in [0.25, 0.3) is 0 Å². The number of carboxylic acids is 1. The summed E-state index contributed by atoms with van der Waals surface area (Å²) in [7, 11) is 2.02. The van der Waals surface area contributed by atoms with Crippen LogP contribution in [0.4, 0.5) is 0 Å². The van der Waals surface area contributed by atoms with Gasteiger partial charge in [-0.25, -0.2) is 0 Å². The highest BCUT2D eigenvalue weighted by Gasteiger charge is 2.02. The van der Waals surface area contributed by atoms with Crippen molar-refractivity contribution in [2.24, 2.45) is 0 Å². The molecular formula is C12H18N2O2. The number of carboxylic acid groups (broad SMARTS) is 1. The van der Waals surface area contributed by atoms with Gasteiger partial charge in [0.15, 0.2) is 0 Å². The highest BCUT2D eigenvalue weighted by atomic mass is 16.4. The third kappa shape index (κ3) is 5.46. The quantitative estimate of drug-likeness (QED) is 0.714. The molecule has 88 valence electrons. The molecule has 4 nitrogen and oxygen atoms in total. The molecule has 0 amide bonds. The summed E-state index contributed by atoms with van der Waals surface area (Å²) in [6.45, 7) is 1.72. The van der Waals surface area contributed by atoms with Gasteiger partial charge in [-0.2, -0.15) is 0 Å². The van der Waals surface area contributed by atoms with Gasteiger partial charge in [-0.15, -0.1) is 0 Å². The van der Waals surface area contributed by atoms with Gasteiger partial charge in [0, 0.05) is 19.2 Å². The molecule has 1 rings (SSSR count). The van der Waals surface area contributed by atoms with Crippen molar-refractivity contribution in [3.63, 3.8) is 0 Å². The summed E-state index contributed by atoms with van der Waals surface area (Å²) in [5.74, 6) is -0.715. The second kappa shape index (κ2) is 6.95. The topological polar surface area (TPSA) is 53.4 Å². The Bertz CT molecular complexity index is 314. The Morgan fingerprint density at radius 2 is 2.25 bits per heavy atom. The number of hydrogen-bond donors (Lipinski definition) is 1. The molecule has 0 saturated carbocycles. The molecule has 0 aliphatic rings. The van der Waals surface area contributed by atoms with E-state index < -0.39 is 5.97 Å². The molecule has 1 aromatic rings. The minimum absolute atomic E-state index is 0.261. The van der Waals surface area contributed by atoms with E-state index in [0.717, 1.165) is 31.6 Å². The molecular weight excluding hydrogens is 204 g/mol. The van der Waals surface area contributed by atoms with Crippen molar-refractivity contribution in [2.75, 3.05) is 13.6 Å². The lowest BCUT2D eigenvalue weighted by molar-refractivity contribution is -0.137. The summed E-state index contributed by atoms with van der Waals surface area (Å²) in [6.07, 6.45) is 3.70. The van der Waals surface area contributed by atoms with Crippen molar-refractivity contribution in [3.8, 4) is 0 Å². The number of aromatic nitrogens is 1. The van der Waals surface area contributed by atoms with Gasteiger partial charge in [-0.3, -0.25) is 9.78 Å². The van der Waals surface area contributed by atoms with E-state index in [2.05, 4.69) is 9.88 Å². The Kier molecular flexibility index (Phi) is 5.50. The highest BCUT2D eigenvalue weighted by molar-refractivity contribution is 5.66. The fraction of sp³-hybridized carbons (Fsp3) is 0.500.